The van der Waals surface area contributed by atoms with Crippen LogP contribution in [0.2, 0.25) is 0 Å². The number of nitrogens with two attached hydrogens (primary N) is 2. The second-order valence-corrected chi connectivity index (χ2v) is 4.00. The van der Waals surface area contributed by atoms with Gasteiger partial charge >= 0.3 is 0 Å². The Morgan fingerprint density at radius 1 is 1.10 bits per heavy atom. The molecule has 0 aromatic rings. The normalized spacial score (nSPS) is 31.8. The third-order valence-electron chi connectivity index (χ3n) is 3.77. The van der Waals surface area contributed by atoms with E-state index in [1.54, 1.807) is 0 Å². The molecule has 2 rings (SSSR count). The van der Waals surface area contributed by atoms with E-state index in [9.17, 15) is 0 Å². The SMILES string of the molecule is NCC1(CN)CC12CCC2. The van der Waals surface area contributed by atoms with Gasteiger partial charge in [-0.15, -0.1) is 0 Å². The third kappa shape index (κ3) is 0.523. The summed E-state index contributed by atoms with van der Waals surface area (Å²) in [5.41, 5.74) is 12.4. The second-order valence-electron chi connectivity index (χ2n) is 4.00. The minimum atomic E-state index is 0.380. The first-order valence-corrected chi connectivity index (χ1v) is 4.19. The summed E-state index contributed by atoms with van der Waals surface area (Å²) in [6, 6.07) is 0. The summed E-state index contributed by atoms with van der Waals surface area (Å²) < 4.78 is 0. The van der Waals surface area contributed by atoms with E-state index in [-0.39, 0.29) is 0 Å². The molecule has 2 heteroatoms. The molecule has 2 saturated carbocycles. The molecule has 10 heavy (non-hydrogen) atoms. The molecule has 58 valence electrons. The van der Waals surface area contributed by atoms with E-state index >= 15 is 0 Å². The van der Waals surface area contributed by atoms with Crippen molar-refractivity contribution in [1.82, 2.24) is 0 Å². The lowest BCUT2D eigenvalue weighted by Crippen LogP contribution is -2.34. The van der Waals surface area contributed by atoms with Gasteiger partial charge in [0.25, 0.3) is 0 Å². The Labute approximate surface area is 62.0 Å². The molecule has 0 amide bonds. The molecule has 0 saturated heterocycles. The van der Waals surface area contributed by atoms with Crippen molar-refractivity contribution in [2.24, 2.45) is 22.3 Å². The lowest BCUT2D eigenvalue weighted by atomic mass is 9.75. The Kier molecular flexibility index (Phi) is 1.15. The van der Waals surface area contributed by atoms with Gasteiger partial charge in [0.2, 0.25) is 0 Å². The van der Waals surface area contributed by atoms with E-state index in [0.717, 1.165) is 13.1 Å². The van der Waals surface area contributed by atoms with Crippen LogP contribution in [0.25, 0.3) is 0 Å². The highest BCUT2D eigenvalue weighted by Crippen LogP contribution is 2.72. The van der Waals surface area contributed by atoms with Gasteiger partial charge in [-0.1, -0.05) is 6.42 Å². The molecule has 0 aromatic heterocycles. The fourth-order valence-corrected chi connectivity index (χ4v) is 2.57. The zero-order valence-electron chi connectivity index (χ0n) is 6.40. The molecular formula is C8H16N2. The highest BCUT2D eigenvalue weighted by atomic mass is 14.8. The summed E-state index contributed by atoms with van der Waals surface area (Å²) in [4.78, 5) is 0. The highest BCUT2D eigenvalue weighted by molar-refractivity contribution is 5.18. The van der Waals surface area contributed by atoms with Crippen molar-refractivity contribution in [3.05, 3.63) is 0 Å². The van der Waals surface area contributed by atoms with Crippen LogP contribution in [0.4, 0.5) is 0 Å². The molecule has 0 atom stereocenters. The minimum absolute atomic E-state index is 0.380. The molecule has 2 aliphatic rings. The molecule has 0 unspecified atom stereocenters. The minimum Gasteiger partial charge on any atom is -0.330 e. The van der Waals surface area contributed by atoms with E-state index in [1.165, 1.54) is 25.7 Å². The van der Waals surface area contributed by atoms with Crippen LogP contribution in [0.3, 0.4) is 0 Å². The van der Waals surface area contributed by atoms with Crippen LogP contribution in [-0.2, 0) is 0 Å². The highest BCUT2D eigenvalue weighted by Gasteiger charge is 2.67. The third-order valence-corrected chi connectivity index (χ3v) is 3.77. The Morgan fingerprint density at radius 3 is 1.80 bits per heavy atom. The molecule has 2 aliphatic carbocycles. The first-order chi connectivity index (χ1) is 4.79. The van der Waals surface area contributed by atoms with Crippen molar-refractivity contribution < 1.29 is 0 Å². The molecule has 0 bridgehead atoms. The van der Waals surface area contributed by atoms with Crippen molar-refractivity contribution in [3.63, 3.8) is 0 Å². The summed E-state index contributed by atoms with van der Waals surface area (Å²) in [5, 5.41) is 0. The van der Waals surface area contributed by atoms with Gasteiger partial charge in [-0.2, -0.15) is 0 Å². The van der Waals surface area contributed by atoms with Crippen LogP contribution >= 0.6 is 0 Å². The Morgan fingerprint density at radius 2 is 1.70 bits per heavy atom. The van der Waals surface area contributed by atoms with Crippen LogP contribution in [0.15, 0.2) is 0 Å². The zero-order chi connectivity index (χ0) is 7.24. The van der Waals surface area contributed by atoms with E-state index in [1.807, 2.05) is 0 Å². The van der Waals surface area contributed by atoms with Crippen LogP contribution < -0.4 is 11.5 Å². The van der Waals surface area contributed by atoms with Gasteiger partial charge in [0.05, 0.1) is 0 Å². The van der Waals surface area contributed by atoms with Crippen molar-refractivity contribution in [2.45, 2.75) is 25.7 Å². The largest absolute Gasteiger partial charge is 0.330 e. The molecule has 4 N–H and O–H groups in total. The summed E-state index contributed by atoms with van der Waals surface area (Å²) >= 11 is 0. The zero-order valence-corrected chi connectivity index (χ0v) is 6.40. The van der Waals surface area contributed by atoms with Crippen molar-refractivity contribution in [3.8, 4) is 0 Å². The molecule has 0 heterocycles. The molecule has 0 radical (unpaired) electrons. The molecule has 0 aromatic carbocycles. The molecule has 0 aliphatic heterocycles. The maximum Gasteiger partial charge on any atom is 0.00101 e. The van der Waals surface area contributed by atoms with Crippen LogP contribution in [0.5, 0.6) is 0 Å². The number of rotatable bonds is 2. The molecule has 1 spiro atoms. The first-order valence-electron chi connectivity index (χ1n) is 4.19. The lowest BCUT2D eigenvalue weighted by Gasteiger charge is -2.31. The van der Waals surface area contributed by atoms with Gasteiger partial charge in [-0.05, 0) is 37.8 Å². The average Bonchev–Trinajstić information content (AvgIpc) is 2.57. The van der Waals surface area contributed by atoms with Crippen LogP contribution in [0, 0.1) is 10.8 Å². The van der Waals surface area contributed by atoms with Crippen molar-refractivity contribution >= 4 is 0 Å². The number of hydrogen-bond acceptors (Lipinski definition) is 2. The van der Waals surface area contributed by atoms with Gasteiger partial charge in [-0.3, -0.25) is 0 Å². The summed E-state index contributed by atoms with van der Waals surface area (Å²) in [7, 11) is 0. The lowest BCUT2D eigenvalue weighted by molar-refractivity contribution is 0.208. The summed E-state index contributed by atoms with van der Waals surface area (Å²) in [6.45, 7) is 1.62. The second kappa shape index (κ2) is 1.74. The maximum atomic E-state index is 5.68. The fraction of sp³-hybridized carbons (Fsp3) is 1.00. The van der Waals surface area contributed by atoms with E-state index in [4.69, 9.17) is 11.5 Å². The van der Waals surface area contributed by atoms with Gasteiger partial charge in [0, 0.05) is 5.41 Å². The van der Waals surface area contributed by atoms with Gasteiger partial charge in [0.15, 0.2) is 0 Å². The molecule has 2 nitrogen and oxygen atoms in total. The van der Waals surface area contributed by atoms with E-state index in [2.05, 4.69) is 0 Å². The van der Waals surface area contributed by atoms with Crippen LogP contribution in [-0.4, -0.2) is 13.1 Å². The monoisotopic (exact) mass is 140 g/mol. The average molecular weight is 140 g/mol. The predicted molar refractivity (Wildman–Crippen MR) is 41.4 cm³/mol. The first kappa shape index (κ1) is 6.62. The van der Waals surface area contributed by atoms with Crippen molar-refractivity contribution in [1.29, 1.82) is 0 Å². The Bertz CT molecular complexity index is 145. The summed E-state index contributed by atoms with van der Waals surface area (Å²) in [5.74, 6) is 0. The molecule has 2 fully saturated rings. The standard InChI is InChI=1S/C8H16N2/c9-5-8(6-10)4-7(8)2-1-3-7/h1-6,9-10H2. The molecular weight excluding hydrogens is 124 g/mol. The quantitative estimate of drug-likeness (QED) is 0.585. The fourth-order valence-electron chi connectivity index (χ4n) is 2.57. The predicted octanol–water partition coefficient (Wildman–Crippen LogP) is 0.464. The van der Waals surface area contributed by atoms with Crippen LogP contribution in [0.1, 0.15) is 25.7 Å². The van der Waals surface area contributed by atoms with Gasteiger partial charge < -0.3 is 11.5 Å². The van der Waals surface area contributed by atoms with E-state index < -0.39 is 0 Å². The maximum absolute atomic E-state index is 5.68. The van der Waals surface area contributed by atoms with E-state index in [0.29, 0.717) is 10.8 Å². The Balaban J connectivity index is 2.06. The number of hydrogen-bond donors (Lipinski definition) is 2. The van der Waals surface area contributed by atoms with Crippen molar-refractivity contribution in [2.75, 3.05) is 13.1 Å². The smallest absolute Gasteiger partial charge is 0.00101 e. The summed E-state index contributed by atoms with van der Waals surface area (Å²) in [6.07, 6.45) is 5.50. The topological polar surface area (TPSA) is 52.0 Å². The Hall–Kier alpha value is -0.0800. The van der Waals surface area contributed by atoms with Gasteiger partial charge in [-0.25, -0.2) is 0 Å². The van der Waals surface area contributed by atoms with Gasteiger partial charge in [0.1, 0.15) is 0 Å².